The van der Waals surface area contributed by atoms with Crippen molar-refractivity contribution < 1.29 is 4.74 Å². The summed E-state index contributed by atoms with van der Waals surface area (Å²) in [5.41, 5.74) is 5.27. The second-order valence-corrected chi connectivity index (χ2v) is 6.43. The molecule has 0 atom stereocenters. The molecular weight excluding hydrogens is 256 g/mol. The number of hydrogen-bond acceptors (Lipinski definition) is 1. The van der Waals surface area contributed by atoms with E-state index in [-0.39, 0.29) is 5.41 Å². The first-order valence-electron chi connectivity index (χ1n) is 7.57. The zero-order chi connectivity index (χ0) is 14.9. The van der Waals surface area contributed by atoms with Crippen LogP contribution in [0.1, 0.15) is 43.9 Å². The molecule has 2 aromatic carbocycles. The third kappa shape index (κ3) is 2.87. The molecule has 1 heteroatoms. The summed E-state index contributed by atoms with van der Waals surface area (Å²) in [5, 5.41) is 0. The van der Waals surface area contributed by atoms with Gasteiger partial charge in [0.2, 0.25) is 0 Å². The number of allylic oxidation sites excluding steroid dienone is 1. The molecule has 2 aromatic rings. The van der Waals surface area contributed by atoms with Crippen molar-refractivity contribution in [1.29, 1.82) is 0 Å². The van der Waals surface area contributed by atoms with Crippen LogP contribution in [0, 0.1) is 0 Å². The van der Waals surface area contributed by atoms with Gasteiger partial charge in [0, 0.05) is 0 Å². The van der Waals surface area contributed by atoms with Crippen molar-refractivity contribution in [2.75, 3.05) is 6.61 Å². The smallest absolute Gasteiger partial charge is 0.123 e. The molecular formula is C20H22O. The summed E-state index contributed by atoms with van der Waals surface area (Å²) in [6.07, 6.45) is 3.30. The molecule has 1 heterocycles. The fourth-order valence-corrected chi connectivity index (χ4v) is 2.89. The Morgan fingerprint density at radius 3 is 2.62 bits per heavy atom. The van der Waals surface area contributed by atoms with Gasteiger partial charge in [0.05, 0.1) is 6.61 Å². The highest BCUT2D eigenvalue weighted by molar-refractivity contribution is 5.80. The third-order valence-corrected chi connectivity index (χ3v) is 4.33. The van der Waals surface area contributed by atoms with Crippen molar-refractivity contribution >= 4 is 11.6 Å². The summed E-state index contributed by atoms with van der Waals surface area (Å²) in [5.74, 6) is 1.04. The van der Waals surface area contributed by atoms with Crippen LogP contribution >= 0.6 is 0 Å². The summed E-state index contributed by atoms with van der Waals surface area (Å²) < 4.78 is 5.86. The van der Waals surface area contributed by atoms with Crippen molar-refractivity contribution in [3.63, 3.8) is 0 Å². The maximum Gasteiger partial charge on any atom is 0.123 e. The number of benzene rings is 2. The molecule has 0 N–H and O–H groups in total. The first-order valence-corrected chi connectivity index (χ1v) is 7.57. The maximum atomic E-state index is 5.86. The first-order chi connectivity index (χ1) is 10.1. The van der Waals surface area contributed by atoms with Gasteiger partial charge in [-0.05, 0) is 47.1 Å². The number of fused-ring (bicyclic) bond motifs is 1. The van der Waals surface area contributed by atoms with Gasteiger partial charge in [-0.1, -0.05) is 62.4 Å². The Balaban J connectivity index is 1.95. The van der Waals surface area contributed by atoms with Crippen molar-refractivity contribution in [2.24, 2.45) is 0 Å². The van der Waals surface area contributed by atoms with Crippen LogP contribution in [0.25, 0.3) is 11.6 Å². The molecule has 0 saturated heterocycles. The average molecular weight is 278 g/mol. The molecule has 0 amide bonds. The van der Waals surface area contributed by atoms with Crippen LogP contribution in [0.5, 0.6) is 5.75 Å². The molecule has 0 aliphatic carbocycles. The molecule has 0 saturated carbocycles. The van der Waals surface area contributed by atoms with Gasteiger partial charge in [-0.2, -0.15) is 0 Å². The zero-order valence-electron chi connectivity index (χ0n) is 13.0. The standard InChI is InChI=1S/C20H22O/c1-15(17-7-5-4-6-8-17)13-16-9-10-18-19(14-16)21-12-11-20(18,2)3/h4-10,13-14H,11-12H2,1-3H3. The van der Waals surface area contributed by atoms with Gasteiger partial charge >= 0.3 is 0 Å². The van der Waals surface area contributed by atoms with E-state index in [0.29, 0.717) is 0 Å². The molecule has 0 fully saturated rings. The lowest BCUT2D eigenvalue weighted by Crippen LogP contribution is -2.26. The minimum Gasteiger partial charge on any atom is -0.493 e. The Labute approximate surface area is 127 Å². The molecule has 0 aromatic heterocycles. The fraction of sp³-hybridized carbons (Fsp3) is 0.300. The largest absolute Gasteiger partial charge is 0.493 e. The zero-order valence-corrected chi connectivity index (χ0v) is 13.0. The Morgan fingerprint density at radius 1 is 1.10 bits per heavy atom. The lowest BCUT2D eigenvalue weighted by molar-refractivity contribution is 0.234. The highest BCUT2D eigenvalue weighted by Crippen LogP contribution is 2.39. The van der Waals surface area contributed by atoms with Crippen LogP contribution in [0.15, 0.2) is 48.5 Å². The Bertz CT molecular complexity index is 665. The maximum absolute atomic E-state index is 5.86. The molecule has 0 radical (unpaired) electrons. The normalized spacial score (nSPS) is 17.0. The van der Waals surface area contributed by atoms with Gasteiger partial charge in [0.15, 0.2) is 0 Å². The van der Waals surface area contributed by atoms with E-state index in [2.05, 4.69) is 69.3 Å². The van der Waals surface area contributed by atoms with E-state index in [1.807, 2.05) is 6.07 Å². The number of rotatable bonds is 2. The topological polar surface area (TPSA) is 9.23 Å². The second kappa shape index (κ2) is 5.40. The molecule has 1 aliphatic rings. The Hall–Kier alpha value is -2.02. The van der Waals surface area contributed by atoms with E-state index in [9.17, 15) is 0 Å². The third-order valence-electron chi connectivity index (χ3n) is 4.33. The van der Waals surface area contributed by atoms with Crippen LogP contribution in [0.4, 0.5) is 0 Å². The number of hydrogen-bond donors (Lipinski definition) is 0. The number of ether oxygens (including phenoxy) is 1. The lowest BCUT2D eigenvalue weighted by Gasteiger charge is -2.32. The highest BCUT2D eigenvalue weighted by atomic mass is 16.5. The van der Waals surface area contributed by atoms with Crippen molar-refractivity contribution in [3.05, 3.63) is 65.2 Å². The second-order valence-electron chi connectivity index (χ2n) is 6.43. The van der Waals surface area contributed by atoms with Gasteiger partial charge in [0.25, 0.3) is 0 Å². The molecule has 108 valence electrons. The molecule has 0 bridgehead atoms. The van der Waals surface area contributed by atoms with Crippen LogP contribution in [-0.4, -0.2) is 6.61 Å². The van der Waals surface area contributed by atoms with E-state index >= 15 is 0 Å². The predicted molar refractivity (Wildman–Crippen MR) is 89.6 cm³/mol. The van der Waals surface area contributed by atoms with E-state index in [4.69, 9.17) is 4.74 Å². The van der Waals surface area contributed by atoms with Gasteiger partial charge in [-0.25, -0.2) is 0 Å². The molecule has 1 aliphatic heterocycles. The summed E-state index contributed by atoms with van der Waals surface area (Å²) >= 11 is 0. The molecule has 0 unspecified atom stereocenters. The first kappa shape index (κ1) is 13.9. The minimum atomic E-state index is 0.213. The van der Waals surface area contributed by atoms with Crippen molar-refractivity contribution in [2.45, 2.75) is 32.6 Å². The van der Waals surface area contributed by atoms with Crippen LogP contribution < -0.4 is 4.74 Å². The highest BCUT2D eigenvalue weighted by Gasteiger charge is 2.28. The Kier molecular flexibility index (Phi) is 3.59. The lowest BCUT2D eigenvalue weighted by atomic mass is 9.79. The predicted octanol–water partition coefficient (Wildman–Crippen LogP) is 5.31. The molecule has 1 nitrogen and oxygen atoms in total. The fourth-order valence-electron chi connectivity index (χ4n) is 2.89. The summed E-state index contributed by atoms with van der Waals surface area (Å²) in [4.78, 5) is 0. The minimum absolute atomic E-state index is 0.213. The summed E-state index contributed by atoms with van der Waals surface area (Å²) in [6.45, 7) is 7.54. The molecule has 21 heavy (non-hydrogen) atoms. The van der Waals surface area contributed by atoms with Crippen molar-refractivity contribution in [3.8, 4) is 5.75 Å². The molecule has 0 spiro atoms. The van der Waals surface area contributed by atoms with Crippen molar-refractivity contribution in [1.82, 2.24) is 0 Å². The SMILES string of the molecule is CC(=Cc1ccc2c(c1)OCCC2(C)C)c1ccccc1. The Morgan fingerprint density at radius 2 is 1.86 bits per heavy atom. The summed E-state index contributed by atoms with van der Waals surface area (Å²) in [6, 6.07) is 17.1. The van der Waals surface area contributed by atoms with E-state index < -0.39 is 0 Å². The molecule has 3 rings (SSSR count). The quantitative estimate of drug-likeness (QED) is 0.677. The van der Waals surface area contributed by atoms with Gasteiger partial charge in [-0.3, -0.25) is 0 Å². The van der Waals surface area contributed by atoms with Gasteiger partial charge in [-0.15, -0.1) is 0 Å². The van der Waals surface area contributed by atoms with E-state index in [1.54, 1.807) is 0 Å². The average Bonchev–Trinajstić information content (AvgIpc) is 2.47. The summed E-state index contributed by atoms with van der Waals surface area (Å²) in [7, 11) is 0. The van der Waals surface area contributed by atoms with Crippen LogP contribution in [-0.2, 0) is 5.41 Å². The van der Waals surface area contributed by atoms with Gasteiger partial charge < -0.3 is 4.74 Å². The van der Waals surface area contributed by atoms with Crippen LogP contribution in [0.3, 0.4) is 0 Å². The van der Waals surface area contributed by atoms with E-state index in [0.717, 1.165) is 18.8 Å². The van der Waals surface area contributed by atoms with Crippen LogP contribution in [0.2, 0.25) is 0 Å². The van der Waals surface area contributed by atoms with Gasteiger partial charge in [0.1, 0.15) is 5.75 Å². The monoisotopic (exact) mass is 278 g/mol. The van der Waals surface area contributed by atoms with E-state index in [1.165, 1.54) is 22.3 Å².